The van der Waals surface area contributed by atoms with Crippen LogP contribution in [-0.4, -0.2) is 23.5 Å². The maximum atomic E-state index is 11.7. The van der Waals surface area contributed by atoms with Gasteiger partial charge >= 0.3 is 5.97 Å². The van der Waals surface area contributed by atoms with Gasteiger partial charge in [-0.1, -0.05) is 0 Å². The summed E-state index contributed by atoms with van der Waals surface area (Å²) >= 11 is 1.16. The highest BCUT2D eigenvalue weighted by Crippen LogP contribution is 2.29. The van der Waals surface area contributed by atoms with Crippen LogP contribution in [0.4, 0.5) is 0 Å². The zero-order valence-electron chi connectivity index (χ0n) is 9.10. The van der Waals surface area contributed by atoms with Crippen molar-refractivity contribution < 1.29 is 19.4 Å². The van der Waals surface area contributed by atoms with Crippen LogP contribution in [-0.2, 0) is 9.53 Å². The minimum absolute atomic E-state index is 0.134. The Morgan fingerprint density at radius 2 is 2.12 bits per heavy atom. The van der Waals surface area contributed by atoms with E-state index in [0.717, 1.165) is 21.4 Å². The number of phenols is 1. The van der Waals surface area contributed by atoms with Gasteiger partial charge in [-0.3, -0.25) is 4.79 Å². The normalized spacial score (nSPS) is 10.4. The SMILES string of the molecule is CCOC(=O)C(=O)c1cc2ccc(O)cc2s1. The number of thiophene rings is 1. The summed E-state index contributed by atoms with van der Waals surface area (Å²) in [4.78, 5) is 23.3. The maximum Gasteiger partial charge on any atom is 0.380 e. The van der Waals surface area contributed by atoms with Crippen molar-refractivity contribution in [2.75, 3.05) is 6.61 Å². The van der Waals surface area contributed by atoms with Gasteiger partial charge < -0.3 is 9.84 Å². The second-order valence-electron chi connectivity index (χ2n) is 3.38. The van der Waals surface area contributed by atoms with E-state index in [0.29, 0.717) is 4.88 Å². The smallest absolute Gasteiger partial charge is 0.380 e. The van der Waals surface area contributed by atoms with E-state index >= 15 is 0 Å². The van der Waals surface area contributed by atoms with E-state index in [2.05, 4.69) is 4.74 Å². The van der Waals surface area contributed by atoms with Crippen molar-refractivity contribution in [2.24, 2.45) is 0 Å². The molecule has 0 fully saturated rings. The number of Topliss-reactive ketones (excluding diaryl/α,β-unsaturated/α-hetero) is 1. The minimum atomic E-state index is -0.844. The van der Waals surface area contributed by atoms with Gasteiger partial charge in [0.2, 0.25) is 0 Å². The van der Waals surface area contributed by atoms with E-state index in [1.54, 1.807) is 25.1 Å². The Hall–Kier alpha value is -1.88. The van der Waals surface area contributed by atoms with Gasteiger partial charge in [0.25, 0.3) is 5.78 Å². The maximum absolute atomic E-state index is 11.7. The van der Waals surface area contributed by atoms with Crippen molar-refractivity contribution in [2.45, 2.75) is 6.92 Å². The molecule has 0 saturated carbocycles. The van der Waals surface area contributed by atoms with Gasteiger partial charge in [-0.05, 0) is 36.6 Å². The number of aromatic hydroxyl groups is 1. The molecule has 5 heteroatoms. The lowest BCUT2D eigenvalue weighted by Gasteiger charge is -1.96. The molecule has 0 spiro atoms. The molecule has 0 radical (unpaired) electrons. The van der Waals surface area contributed by atoms with Crippen LogP contribution in [0.2, 0.25) is 0 Å². The summed E-state index contributed by atoms with van der Waals surface area (Å²) in [5, 5.41) is 10.1. The molecule has 0 aliphatic rings. The van der Waals surface area contributed by atoms with Crippen LogP contribution < -0.4 is 0 Å². The highest BCUT2D eigenvalue weighted by molar-refractivity contribution is 7.21. The number of carbonyl (C=O) groups is 2. The van der Waals surface area contributed by atoms with Gasteiger partial charge in [0, 0.05) is 4.70 Å². The molecule has 0 bridgehead atoms. The van der Waals surface area contributed by atoms with Crippen molar-refractivity contribution >= 4 is 33.2 Å². The molecule has 0 amide bonds. The average molecular weight is 250 g/mol. The molecule has 1 aromatic heterocycles. The molecule has 0 saturated heterocycles. The first-order valence-electron chi connectivity index (χ1n) is 5.06. The number of ketones is 1. The van der Waals surface area contributed by atoms with E-state index < -0.39 is 11.8 Å². The molecule has 0 aliphatic carbocycles. The lowest BCUT2D eigenvalue weighted by molar-refractivity contribution is -0.137. The second-order valence-corrected chi connectivity index (χ2v) is 4.47. The van der Waals surface area contributed by atoms with E-state index in [9.17, 15) is 14.7 Å². The predicted octanol–water partition coefficient (Wildman–Crippen LogP) is 2.35. The van der Waals surface area contributed by atoms with Crippen molar-refractivity contribution in [1.82, 2.24) is 0 Å². The van der Waals surface area contributed by atoms with Gasteiger partial charge in [0.15, 0.2) is 0 Å². The number of esters is 1. The number of fused-ring (bicyclic) bond motifs is 1. The quantitative estimate of drug-likeness (QED) is 0.516. The topological polar surface area (TPSA) is 63.6 Å². The summed E-state index contributed by atoms with van der Waals surface area (Å²) in [5.41, 5.74) is 0. The molecule has 88 valence electrons. The number of carbonyl (C=O) groups excluding carboxylic acids is 2. The van der Waals surface area contributed by atoms with Crippen molar-refractivity contribution in [3.63, 3.8) is 0 Å². The Morgan fingerprint density at radius 3 is 2.82 bits per heavy atom. The van der Waals surface area contributed by atoms with E-state index in [-0.39, 0.29) is 12.4 Å². The summed E-state index contributed by atoms with van der Waals surface area (Å²) in [7, 11) is 0. The summed E-state index contributed by atoms with van der Waals surface area (Å²) < 4.78 is 5.41. The third kappa shape index (κ3) is 2.29. The number of hydrogen-bond donors (Lipinski definition) is 1. The highest BCUT2D eigenvalue weighted by Gasteiger charge is 2.19. The Balaban J connectivity index is 2.36. The number of phenolic OH excluding ortho intramolecular Hbond substituents is 1. The van der Waals surface area contributed by atoms with Gasteiger partial charge in [-0.25, -0.2) is 4.79 Å². The van der Waals surface area contributed by atoms with Gasteiger partial charge in [-0.2, -0.15) is 0 Å². The van der Waals surface area contributed by atoms with Crippen LogP contribution in [0.15, 0.2) is 24.3 Å². The largest absolute Gasteiger partial charge is 0.508 e. The monoisotopic (exact) mass is 250 g/mol. The summed E-state index contributed by atoms with van der Waals surface area (Å²) in [6.07, 6.45) is 0. The molecular weight excluding hydrogens is 240 g/mol. The zero-order chi connectivity index (χ0) is 12.4. The molecular formula is C12H10O4S. The van der Waals surface area contributed by atoms with E-state index in [4.69, 9.17) is 0 Å². The fourth-order valence-corrected chi connectivity index (χ4v) is 2.45. The molecule has 2 aromatic rings. The molecule has 1 aromatic carbocycles. The van der Waals surface area contributed by atoms with Gasteiger partial charge in [-0.15, -0.1) is 11.3 Å². The minimum Gasteiger partial charge on any atom is -0.508 e. The lowest BCUT2D eigenvalue weighted by atomic mass is 10.2. The first-order valence-corrected chi connectivity index (χ1v) is 5.87. The number of rotatable bonds is 3. The first kappa shape index (κ1) is 11.6. The number of ether oxygens (including phenoxy) is 1. The number of benzene rings is 1. The van der Waals surface area contributed by atoms with Gasteiger partial charge in [0.05, 0.1) is 11.5 Å². The van der Waals surface area contributed by atoms with Crippen LogP contribution in [0.25, 0.3) is 10.1 Å². The summed E-state index contributed by atoms with van der Waals surface area (Å²) in [6, 6.07) is 6.41. The van der Waals surface area contributed by atoms with Crippen LogP contribution in [0.1, 0.15) is 16.6 Å². The van der Waals surface area contributed by atoms with Crippen LogP contribution >= 0.6 is 11.3 Å². The van der Waals surface area contributed by atoms with Gasteiger partial charge in [0.1, 0.15) is 5.75 Å². The highest BCUT2D eigenvalue weighted by atomic mass is 32.1. The lowest BCUT2D eigenvalue weighted by Crippen LogP contribution is -2.16. The molecule has 2 rings (SSSR count). The molecule has 0 aliphatic heterocycles. The summed E-state index contributed by atoms with van der Waals surface area (Å²) in [5.74, 6) is -1.36. The third-order valence-corrected chi connectivity index (χ3v) is 3.28. The molecule has 1 heterocycles. The average Bonchev–Trinajstić information content (AvgIpc) is 2.71. The Bertz CT molecular complexity index is 585. The molecule has 0 unspecified atom stereocenters. The van der Waals surface area contributed by atoms with Crippen LogP contribution in [0.5, 0.6) is 5.75 Å². The zero-order valence-corrected chi connectivity index (χ0v) is 9.91. The summed E-state index contributed by atoms with van der Waals surface area (Å²) in [6.45, 7) is 1.82. The second kappa shape index (κ2) is 4.55. The standard InChI is InChI=1S/C12H10O4S/c1-2-16-12(15)11(14)10-5-7-3-4-8(13)6-9(7)17-10/h3-6,13H,2H2,1H3. The fraction of sp³-hybridized carbons (Fsp3) is 0.167. The molecule has 1 N–H and O–H groups in total. The Morgan fingerprint density at radius 1 is 1.35 bits per heavy atom. The third-order valence-electron chi connectivity index (χ3n) is 2.19. The van der Waals surface area contributed by atoms with E-state index in [1.807, 2.05) is 0 Å². The van der Waals surface area contributed by atoms with Crippen LogP contribution in [0.3, 0.4) is 0 Å². The van der Waals surface area contributed by atoms with Crippen molar-refractivity contribution in [1.29, 1.82) is 0 Å². The van der Waals surface area contributed by atoms with Crippen LogP contribution in [0, 0.1) is 0 Å². The van der Waals surface area contributed by atoms with Crippen molar-refractivity contribution in [3.05, 3.63) is 29.1 Å². The Labute approximate surface area is 101 Å². The fourth-order valence-electron chi connectivity index (χ4n) is 1.43. The van der Waals surface area contributed by atoms with E-state index in [1.165, 1.54) is 6.07 Å². The first-order chi connectivity index (χ1) is 8.11. The molecule has 4 nitrogen and oxygen atoms in total. The molecule has 17 heavy (non-hydrogen) atoms. The molecule has 0 atom stereocenters. The predicted molar refractivity (Wildman–Crippen MR) is 64.5 cm³/mol. The van der Waals surface area contributed by atoms with Crippen molar-refractivity contribution in [3.8, 4) is 5.75 Å². The Kier molecular flexibility index (Phi) is 3.10. The number of hydrogen-bond acceptors (Lipinski definition) is 5.